The van der Waals surface area contributed by atoms with Crippen LogP contribution in [-0.2, 0) is 6.54 Å². The van der Waals surface area contributed by atoms with Crippen LogP contribution in [0.1, 0.15) is 5.82 Å². The van der Waals surface area contributed by atoms with Gasteiger partial charge in [0.2, 0.25) is 0 Å². The van der Waals surface area contributed by atoms with E-state index in [0.717, 1.165) is 34.9 Å². The molecule has 0 atom stereocenters. The maximum absolute atomic E-state index is 5.30. The van der Waals surface area contributed by atoms with Crippen LogP contribution in [0, 0.1) is 0 Å². The molecule has 4 heteroatoms. The molecule has 3 aromatic rings. The summed E-state index contributed by atoms with van der Waals surface area (Å²) in [4.78, 5) is 4.77. The number of benzene rings is 1. The standard InChI is InChI=1S/C16H17N3O/c1-17-11-15-18-16(14-8-3-4-9-19(14)15)12-6-5-7-13(10-12)20-2/h3-10,17H,11H2,1-2H3. The van der Waals surface area contributed by atoms with Crippen LogP contribution in [0.3, 0.4) is 0 Å². The molecule has 0 spiro atoms. The largest absolute Gasteiger partial charge is 0.497 e. The molecule has 0 aliphatic heterocycles. The highest BCUT2D eigenvalue weighted by atomic mass is 16.5. The van der Waals surface area contributed by atoms with Crippen LogP contribution in [0.15, 0.2) is 48.7 Å². The molecule has 0 unspecified atom stereocenters. The zero-order valence-electron chi connectivity index (χ0n) is 11.6. The lowest BCUT2D eigenvalue weighted by Crippen LogP contribution is -2.08. The molecule has 0 bridgehead atoms. The van der Waals surface area contributed by atoms with Crippen LogP contribution in [0.25, 0.3) is 16.8 Å². The van der Waals surface area contributed by atoms with E-state index in [1.165, 1.54) is 0 Å². The summed E-state index contributed by atoms with van der Waals surface area (Å²) in [5.41, 5.74) is 3.15. The molecule has 1 N–H and O–H groups in total. The Kier molecular flexibility index (Phi) is 3.39. The normalized spacial score (nSPS) is 10.9. The first-order valence-corrected chi connectivity index (χ1v) is 6.58. The monoisotopic (exact) mass is 267 g/mol. The predicted octanol–water partition coefficient (Wildman–Crippen LogP) is 2.73. The van der Waals surface area contributed by atoms with Gasteiger partial charge in [-0.2, -0.15) is 0 Å². The highest BCUT2D eigenvalue weighted by molar-refractivity contribution is 5.78. The average molecular weight is 267 g/mol. The Morgan fingerprint density at radius 3 is 2.90 bits per heavy atom. The van der Waals surface area contributed by atoms with E-state index in [1.807, 2.05) is 43.6 Å². The highest BCUT2D eigenvalue weighted by Gasteiger charge is 2.12. The summed E-state index contributed by atoms with van der Waals surface area (Å²) in [6.07, 6.45) is 2.04. The van der Waals surface area contributed by atoms with Gasteiger partial charge >= 0.3 is 0 Å². The van der Waals surface area contributed by atoms with Crippen LogP contribution in [0.5, 0.6) is 5.75 Å². The van der Waals surface area contributed by atoms with Gasteiger partial charge in [0.15, 0.2) is 0 Å². The molecule has 102 valence electrons. The molecule has 0 fully saturated rings. The average Bonchev–Trinajstić information content (AvgIpc) is 2.87. The first kappa shape index (κ1) is 12.7. The van der Waals surface area contributed by atoms with Crippen LogP contribution in [-0.4, -0.2) is 23.5 Å². The summed E-state index contributed by atoms with van der Waals surface area (Å²) in [6.45, 7) is 0.731. The number of ether oxygens (including phenoxy) is 1. The molecule has 0 amide bonds. The van der Waals surface area contributed by atoms with Crippen LogP contribution in [0.4, 0.5) is 0 Å². The SMILES string of the molecule is CNCc1nc(-c2cccc(OC)c2)c2ccccn12. The Labute approximate surface area is 118 Å². The molecular weight excluding hydrogens is 250 g/mol. The topological polar surface area (TPSA) is 38.6 Å². The molecule has 0 aliphatic carbocycles. The zero-order valence-corrected chi connectivity index (χ0v) is 11.6. The van der Waals surface area contributed by atoms with Gasteiger partial charge in [0.05, 0.1) is 24.9 Å². The van der Waals surface area contributed by atoms with Crippen LogP contribution < -0.4 is 10.1 Å². The van der Waals surface area contributed by atoms with E-state index in [1.54, 1.807) is 7.11 Å². The minimum Gasteiger partial charge on any atom is -0.497 e. The molecule has 3 rings (SSSR count). The quantitative estimate of drug-likeness (QED) is 0.790. The van der Waals surface area contributed by atoms with E-state index in [4.69, 9.17) is 9.72 Å². The second-order valence-corrected chi connectivity index (χ2v) is 4.59. The van der Waals surface area contributed by atoms with E-state index in [9.17, 15) is 0 Å². The fourth-order valence-electron chi connectivity index (χ4n) is 2.37. The number of nitrogens with one attached hydrogen (secondary N) is 1. The predicted molar refractivity (Wildman–Crippen MR) is 79.9 cm³/mol. The van der Waals surface area contributed by atoms with Crippen molar-refractivity contribution in [1.82, 2.24) is 14.7 Å². The summed E-state index contributed by atoms with van der Waals surface area (Å²) >= 11 is 0. The number of aromatic nitrogens is 2. The molecule has 20 heavy (non-hydrogen) atoms. The van der Waals surface area contributed by atoms with Crippen molar-refractivity contribution in [2.75, 3.05) is 14.2 Å². The number of hydrogen-bond donors (Lipinski definition) is 1. The van der Waals surface area contributed by atoms with E-state index < -0.39 is 0 Å². The second kappa shape index (κ2) is 5.35. The van der Waals surface area contributed by atoms with Gasteiger partial charge in [-0.3, -0.25) is 0 Å². The van der Waals surface area contributed by atoms with E-state index in [0.29, 0.717) is 0 Å². The number of pyridine rings is 1. The highest BCUT2D eigenvalue weighted by Crippen LogP contribution is 2.27. The summed E-state index contributed by atoms with van der Waals surface area (Å²) in [5.74, 6) is 1.84. The van der Waals surface area contributed by atoms with Crippen molar-refractivity contribution in [2.45, 2.75) is 6.54 Å². The number of hydrogen-bond acceptors (Lipinski definition) is 3. The Morgan fingerprint density at radius 2 is 2.10 bits per heavy atom. The zero-order chi connectivity index (χ0) is 13.9. The molecule has 2 aromatic heterocycles. The number of imidazole rings is 1. The van der Waals surface area contributed by atoms with E-state index in [-0.39, 0.29) is 0 Å². The smallest absolute Gasteiger partial charge is 0.128 e. The molecule has 4 nitrogen and oxygen atoms in total. The van der Waals surface area contributed by atoms with Gasteiger partial charge in [0.25, 0.3) is 0 Å². The van der Waals surface area contributed by atoms with Crippen LogP contribution >= 0.6 is 0 Å². The first-order chi connectivity index (χ1) is 9.83. The van der Waals surface area contributed by atoms with Crippen molar-refractivity contribution in [3.8, 4) is 17.0 Å². The summed E-state index contributed by atoms with van der Waals surface area (Å²) < 4.78 is 7.41. The maximum Gasteiger partial charge on any atom is 0.128 e. The number of nitrogens with zero attached hydrogens (tertiary/aromatic N) is 2. The minimum atomic E-state index is 0.731. The lowest BCUT2D eigenvalue weighted by atomic mass is 10.1. The van der Waals surface area contributed by atoms with Gasteiger partial charge < -0.3 is 14.5 Å². The van der Waals surface area contributed by atoms with Gasteiger partial charge in [-0.25, -0.2) is 4.98 Å². The number of rotatable bonds is 4. The van der Waals surface area contributed by atoms with Crippen LogP contribution in [0.2, 0.25) is 0 Å². The Hall–Kier alpha value is -2.33. The fourth-order valence-corrected chi connectivity index (χ4v) is 2.37. The van der Waals surface area contributed by atoms with Crippen molar-refractivity contribution >= 4 is 5.52 Å². The van der Waals surface area contributed by atoms with E-state index >= 15 is 0 Å². The Balaban J connectivity index is 2.19. The first-order valence-electron chi connectivity index (χ1n) is 6.58. The van der Waals surface area contributed by atoms with Gasteiger partial charge in [-0.1, -0.05) is 18.2 Å². The molecule has 0 saturated heterocycles. The lowest BCUT2D eigenvalue weighted by Gasteiger charge is -2.02. The molecule has 0 saturated carbocycles. The maximum atomic E-state index is 5.30. The van der Waals surface area contributed by atoms with Gasteiger partial charge in [-0.05, 0) is 31.3 Å². The van der Waals surface area contributed by atoms with Crippen molar-refractivity contribution < 1.29 is 4.74 Å². The fraction of sp³-hybridized carbons (Fsp3) is 0.188. The summed E-state index contributed by atoms with van der Waals surface area (Å²) in [5, 5.41) is 3.16. The second-order valence-electron chi connectivity index (χ2n) is 4.59. The third-order valence-electron chi connectivity index (χ3n) is 3.30. The number of fused-ring (bicyclic) bond motifs is 1. The van der Waals surface area contributed by atoms with Crippen molar-refractivity contribution in [1.29, 1.82) is 0 Å². The number of methoxy groups -OCH3 is 1. The third-order valence-corrected chi connectivity index (χ3v) is 3.30. The Bertz CT molecular complexity index is 733. The third kappa shape index (κ3) is 2.14. The lowest BCUT2D eigenvalue weighted by molar-refractivity contribution is 0.415. The summed E-state index contributed by atoms with van der Waals surface area (Å²) in [7, 11) is 3.60. The molecule has 2 heterocycles. The summed E-state index contributed by atoms with van der Waals surface area (Å²) in [6, 6.07) is 14.1. The molecule has 0 radical (unpaired) electrons. The molecular formula is C16H17N3O. The van der Waals surface area contributed by atoms with Gasteiger partial charge in [0.1, 0.15) is 11.6 Å². The molecule has 0 aliphatic rings. The van der Waals surface area contributed by atoms with Gasteiger partial charge in [-0.15, -0.1) is 0 Å². The van der Waals surface area contributed by atoms with Gasteiger partial charge in [0, 0.05) is 11.8 Å². The van der Waals surface area contributed by atoms with Crippen molar-refractivity contribution in [3.05, 3.63) is 54.5 Å². The molecule has 1 aromatic carbocycles. The Morgan fingerprint density at radius 1 is 1.20 bits per heavy atom. The van der Waals surface area contributed by atoms with Crippen molar-refractivity contribution in [3.63, 3.8) is 0 Å². The van der Waals surface area contributed by atoms with Crippen molar-refractivity contribution in [2.24, 2.45) is 0 Å². The van der Waals surface area contributed by atoms with E-state index in [2.05, 4.69) is 21.9 Å². The minimum absolute atomic E-state index is 0.731.